The number of hydrogen-bond acceptors (Lipinski definition) is 5. The highest BCUT2D eigenvalue weighted by Gasteiger charge is 2.32. The average Bonchev–Trinajstić information content (AvgIpc) is 2.59. The summed E-state index contributed by atoms with van der Waals surface area (Å²) in [6, 6.07) is 4.42. The molecular formula is C18H26ClFN2O3S. The van der Waals surface area contributed by atoms with Gasteiger partial charge in [-0.3, -0.25) is 9.59 Å². The number of Topliss-reactive ketones (excluding diaryl/α,β-unsaturated/α-hetero) is 1. The van der Waals surface area contributed by atoms with Gasteiger partial charge >= 0.3 is 0 Å². The maximum atomic E-state index is 13.8. The van der Waals surface area contributed by atoms with Crippen LogP contribution in [0.3, 0.4) is 0 Å². The van der Waals surface area contributed by atoms with E-state index in [1.165, 1.54) is 30.8 Å². The molecule has 5 nitrogen and oxygen atoms in total. The molecular weight excluding hydrogens is 379 g/mol. The minimum Gasteiger partial charge on any atom is -0.384 e. The fourth-order valence-corrected chi connectivity index (χ4v) is 3.74. The lowest BCUT2D eigenvalue weighted by molar-refractivity contribution is -0.119. The standard InChI is InChI=1S/C18H25FN2O3S.ClH/c1-13(22)15-4-3-14(9-16(15)19)25-10-17(23)21-11-18(12-24-2)5-7-20-8-6-18;/h3-4,9,20H,5-8,10-12H2,1-2H3,(H,21,23);1H. The number of amides is 1. The molecule has 1 heterocycles. The van der Waals surface area contributed by atoms with Crippen molar-refractivity contribution < 1.29 is 18.7 Å². The second-order valence-electron chi connectivity index (χ2n) is 6.45. The Balaban J connectivity index is 0.00000338. The van der Waals surface area contributed by atoms with E-state index < -0.39 is 5.82 Å². The molecule has 0 saturated carbocycles. The molecule has 0 radical (unpaired) electrons. The van der Waals surface area contributed by atoms with Gasteiger partial charge in [-0.1, -0.05) is 0 Å². The van der Waals surface area contributed by atoms with Crippen molar-refractivity contribution in [1.29, 1.82) is 0 Å². The molecule has 146 valence electrons. The van der Waals surface area contributed by atoms with Crippen molar-refractivity contribution >= 4 is 35.9 Å². The summed E-state index contributed by atoms with van der Waals surface area (Å²) in [5, 5.41) is 6.30. The number of hydrogen-bond donors (Lipinski definition) is 2. The maximum Gasteiger partial charge on any atom is 0.230 e. The molecule has 0 atom stereocenters. The molecule has 0 aliphatic carbocycles. The number of benzene rings is 1. The Morgan fingerprint density at radius 1 is 1.35 bits per heavy atom. The number of methoxy groups -OCH3 is 1. The van der Waals surface area contributed by atoms with E-state index in [2.05, 4.69) is 10.6 Å². The van der Waals surface area contributed by atoms with E-state index in [0.29, 0.717) is 18.0 Å². The van der Waals surface area contributed by atoms with E-state index in [0.717, 1.165) is 25.9 Å². The van der Waals surface area contributed by atoms with Crippen LogP contribution in [0.2, 0.25) is 0 Å². The summed E-state index contributed by atoms with van der Waals surface area (Å²) in [7, 11) is 1.68. The molecule has 8 heteroatoms. The van der Waals surface area contributed by atoms with Gasteiger partial charge in [-0.15, -0.1) is 24.2 Å². The minimum atomic E-state index is -0.549. The first-order valence-electron chi connectivity index (χ1n) is 8.35. The van der Waals surface area contributed by atoms with Crippen molar-refractivity contribution in [2.45, 2.75) is 24.7 Å². The van der Waals surface area contributed by atoms with Crippen LogP contribution in [0.5, 0.6) is 0 Å². The fourth-order valence-electron chi connectivity index (χ4n) is 2.99. The van der Waals surface area contributed by atoms with Crippen LogP contribution in [0, 0.1) is 11.2 Å². The molecule has 0 aromatic heterocycles. The zero-order valence-corrected chi connectivity index (χ0v) is 16.7. The largest absolute Gasteiger partial charge is 0.384 e. The topological polar surface area (TPSA) is 67.4 Å². The highest BCUT2D eigenvalue weighted by molar-refractivity contribution is 8.00. The van der Waals surface area contributed by atoms with Gasteiger partial charge in [-0.2, -0.15) is 0 Å². The molecule has 1 aromatic rings. The van der Waals surface area contributed by atoms with Crippen molar-refractivity contribution in [3.05, 3.63) is 29.6 Å². The monoisotopic (exact) mass is 404 g/mol. The number of piperidine rings is 1. The molecule has 1 aliphatic rings. The van der Waals surface area contributed by atoms with E-state index in [1.54, 1.807) is 13.2 Å². The first kappa shape index (κ1) is 22.9. The molecule has 0 bridgehead atoms. The Bertz CT molecular complexity index is 619. The molecule has 0 spiro atoms. The lowest BCUT2D eigenvalue weighted by atomic mass is 9.79. The molecule has 1 aliphatic heterocycles. The second-order valence-corrected chi connectivity index (χ2v) is 7.50. The summed E-state index contributed by atoms with van der Waals surface area (Å²) < 4.78 is 19.1. The van der Waals surface area contributed by atoms with E-state index >= 15 is 0 Å². The van der Waals surface area contributed by atoms with Crippen LogP contribution in [0.4, 0.5) is 4.39 Å². The minimum absolute atomic E-state index is 0. The van der Waals surface area contributed by atoms with Gasteiger partial charge < -0.3 is 15.4 Å². The van der Waals surface area contributed by atoms with Gasteiger partial charge in [-0.25, -0.2) is 4.39 Å². The number of carbonyl (C=O) groups is 2. The van der Waals surface area contributed by atoms with Crippen LogP contribution in [-0.2, 0) is 9.53 Å². The molecule has 26 heavy (non-hydrogen) atoms. The van der Waals surface area contributed by atoms with Gasteiger partial charge in [0.25, 0.3) is 0 Å². The summed E-state index contributed by atoms with van der Waals surface area (Å²) >= 11 is 1.26. The van der Waals surface area contributed by atoms with E-state index in [-0.39, 0.29) is 40.8 Å². The third-order valence-corrected chi connectivity index (χ3v) is 5.46. The van der Waals surface area contributed by atoms with Crippen LogP contribution in [0.15, 0.2) is 23.1 Å². The number of carbonyl (C=O) groups excluding carboxylic acids is 2. The predicted octanol–water partition coefficient (Wildman–Crippen LogP) is 2.67. The first-order valence-corrected chi connectivity index (χ1v) is 9.34. The Hall–Kier alpha value is -1.15. The van der Waals surface area contributed by atoms with Gasteiger partial charge in [0.05, 0.1) is 17.9 Å². The zero-order valence-electron chi connectivity index (χ0n) is 15.1. The van der Waals surface area contributed by atoms with Crippen LogP contribution < -0.4 is 10.6 Å². The number of ether oxygens (including phenoxy) is 1. The summed E-state index contributed by atoms with van der Waals surface area (Å²) in [5.41, 5.74) is 0.0523. The van der Waals surface area contributed by atoms with Crippen molar-refractivity contribution in [3.63, 3.8) is 0 Å². The number of thioether (sulfide) groups is 1. The van der Waals surface area contributed by atoms with Crippen LogP contribution in [-0.4, -0.2) is 50.8 Å². The van der Waals surface area contributed by atoms with Gasteiger partial charge in [-0.05, 0) is 51.1 Å². The van der Waals surface area contributed by atoms with E-state index in [1.807, 2.05) is 0 Å². The number of ketones is 1. The van der Waals surface area contributed by atoms with Gasteiger partial charge in [0.15, 0.2) is 5.78 Å². The third-order valence-electron chi connectivity index (χ3n) is 4.47. The summed E-state index contributed by atoms with van der Waals surface area (Å²) in [4.78, 5) is 24.0. The fraction of sp³-hybridized carbons (Fsp3) is 0.556. The Kier molecular flexibility index (Phi) is 9.57. The SMILES string of the molecule is COCC1(CNC(=O)CSc2ccc(C(C)=O)c(F)c2)CCNCC1.Cl. The highest BCUT2D eigenvalue weighted by Crippen LogP contribution is 2.28. The maximum absolute atomic E-state index is 13.8. The number of rotatable bonds is 8. The molecule has 1 fully saturated rings. The van der Waals surface area contributed by atoms with Gasteiger partial charge in [0.1, 0.15) is 5.82 Å². The van der Waals surface area contributed by atoms with Crippen LogP contribution in [0.25, 0.3) is 0 Å². The van der Waals surface area contributed by atoms with E-state index in [4.69, 9.17) is 4.74 Å². The third kappa shape index (κ3) is 6.54. The zero-order chi connectivity index (χ0) is 18.3. The Morgan fingerprint density at radius 3 is 2.62 bits per heavy atom. The molecule has 1 saturated heterocycles. The predicted molar refractivity (Wildman–Crippen MR) is 104 cm³/mol. The summed E-state index contributed by atoms with van der Waals surface area (Å²) in [5.74, 6) is -0.737. The lowest BCUT2D eigenvalue weighted by Gasteiger charge is -2.37. The Labute approximate surface area is 164 Å². The van der Waals surface area contributed by atoms with Crippen molar-refractivity contribution in [2.24, 2.45) is 5.41 Å². The smallest absolute Gasteiger partial charge is 0.230 e. The highest BCUT2D eigenvalue weighted by atomic mass is 35.5. The van der Waals surface area contributed by atoms with Crippen molar-refractivity contribution in [3.8, 4) is 0 Å². The summed E-state index contributed by atoms with van der Waals surface area (Å²) in [6.45, 7) is 4.39. The van der Waals surface area contributed by atoms with Crippen molar-refractivity contribution in [1.82, 2.24) is 10.6 Å². The Morgan fingerprint density at radius 2 is 2.04 bits per heavy atom. The molecule has 1 aromatic carbocycles. The number of halogens is 2. The van der Waals surface area contributed by atoms with Crippen LogP contribution >= 0.6 is 24.2 Å². The molecule has 1 amide bonds. The van der Waals surface area contributed by atoms with Crippen LogP contribution in [0.1, 0.15) is 30.1 Å². The lowest BCUT2D eigenvalue weighted by Crippen LogP contribution is -2.47. The summed E-state index contributed by atoms with van der Waals surface area (Å²) in [6.07, 6.45) is 1.93. The molecule has 2 N–H and O–H groups in total. The second kappa shape index (κ2) is 10.9. The van der Waals surface area contributed by atoms with Gasteiger partial charge in [0, 0.05) is 24.0 Å². The average molecular weight is 405 g/mol. The molecule has 0 unspecified atom stereocenters. The first-order chi connectivity index (χ1) is 12.0. The normalized spacial score (nSPS) is 15.8. The molecule has 2 rings (SSSR count). The van der Waals surface area contributed by atoms with Crippen molar-refractivity contribution in [2.75, 3.05) is 39.1 Å². The quantitative estimate of drug-likeness (QED) is 0.515. The number of nitrogens with one attached hydrogen (secondary N) is 2. The van der Waals surface area contributed by atoms with E-state index in [9.17, 15) is 14.0 Å². The van der Waals surface area contributed by atoms with Gasteiger partial charge in [0.2, 0.25) is 5.91 Å².